The Morgan fingerprint density at radius 3 is 0.983 bits per heavy atom. The first-order chi connectivity index (χ1) is 29.3. The lowest BCUT2D eigenvalue weighted by molar-refractivity contribution is 0.290. The van der Waals surface area contributed by atoms with Gasteiger partial charge in [-0.3, -0.25) is 0 Å². The molecule has 0 bridgehead atoms. The van der Waals surface area contributed by atoms with Gasteiger partial charge >= 0.3 is 0 Å². The summed E-state index contributed by atoms with van der Waals surface area (Å²) in [6.45, 7) is 7.35. The third kappa shape index (κ3) is 8.50. The molecule has 0 saturated carbocycles. The molecule has 4 heterocycles. The highest BCUT2D eigenvalue weighted by Crippen LogP contribution is 2.40. The smallest absolute Gasteiger partial charge is 0.0894 e. The van der Waals surface area contributed by atoms with Crippen LogP contribution in [-0.2, 0) is 26.2 Å². The summed E-state index contributed by atoms with van der Waals surface area (Å²) in [6, 6.07) is 44.5. The molecule has 0 N–H and O–H groups in total. The van der Waals surface area contributed by atoms with Gasteiger partial charge in [0.1, 0.15) is 0 Å². The molecule has 0 aliphatic carbocycles. The molecule has 0 amide bonds. The summed E-state index contributed by atoms with van der Waals surface area (Å²) < 4.78 is 0. The fourth-order valence-corrected chi connectivity index (χ4v) is 8.97. The molecule has 0 unspecified atom stereocenters. The zero-order chi connectivity index (χ0) is 41.0. The highest BCUT2D eigenvalue weighted by Gasteiger charge is 2.21. The largest absolute Gasteiger partial charge is 0.362 e. The Labute approximate surface area is 356 Å². The van der Waals surface area contributed by atoms with Crippen molar-refractivity contribution in [2.45, 2.75) is 26.2 Å². The molecule has 60 heavy (non-hydrogen) atoms. The van der Waals surface area contributed by atoms with E-state index >= 15 is 0 Å². The molecule has 4 aliphatic heterocycles. The van der Waals surface area contributed by atoms with E-state index in [0.29, 0.717) is 0 Å². The van der Waals surface area contributed by atoms with Crippen molar-refractivity contribution in [3.05, 3.63) is 193 Å². The SMILES string of the molecule is CN1C=CN(Cc2ccc3ccccc3c2-c2c(CN3C=CN(C)C3)ccc3ccccc23)C1.CN1C=CN(Cc2ccccc2-c2ccccc2CN2C=CN(C)C2)C1. The third-order valence-electron chi connectivity index (χ3n) is 11.8. The fourth-order valence-electron chi connectivity index (χ4n) is 8.97. The molecule has 0 saturated heterocycles. The number of fused-ring (bicyclic) bond motifs is 2. The summed E-state index contributed by atoms with van der Waals surface area (Å²) in [5.74, 6) is 0. The Morgan fingerprint density at radius 2 is 0.633 bits per heavy atom. The van der Waals surface area contributed by atoms with Crippen LogP contribution >= 0.6 is 0 Å². The summed E-state index contributed by atoms with van der Waals surface area (Å²) in [5.41, 5.74) is 10.9. The van der Waals surface area contributed by atoms with E-state index in [4.69, 9.17) is 0 Å². The van der Waals surface area contributed by atoms with Crippen LogP contribution in [0.3, 0.4) is 0 Å². The average Bonchev–Trinajstić information content (AvgIpc) is 4.08. The van der Waals surface area contributed by atoms with Gasteiger partial charge in [-0.2, -0.15) is 0 Å². The van der Waals surface area contributed by atoms with E-state index in [0.717, 1.165) is 52.9 Å². The van der Waals surface area contributed by atoms with Gasteiger partial charge in [0, 0.05) is 104 Å². The quantitative estimate of drug-likeness (QED) is 0.135. The molecule has 6 aromatic rings. The van der Waals surface area contributed by atoms with Gasteiger partial charge in [-0.15, -0.1) is 0 Å². The van der Waals surface area contributed by atoms with Gasteiger partial charge in [-0.25, -0.2) is 0 Å². The molecule has 8 nitrogen and oxygen atoms in total. The molecule has 0 atom stereocenters. The summed E-state index contributed by atoms with van der Waals surface area (Å²) in [5, 5.41) is 5.22. The Kier molecular flexibility index (Phi) is 11.1. The number of hydrogen-bond donors (Lipinski definition) is 0. The Bertz CT molecular complexity index is 2410. The van der Waals surface area contributed by atoms with Crippen LogP contribution in [0.5, 0.6) is 0 Å². The van der Waals surface area contributed by atoms with Gasteiger partial charge in [0.25, 0.3) is 0 Å². The molecule has 304 valence electrons. The van der Waals surface area contributed by atoms with E-state index in [2.05, 4.69) is 238 Å². The number of nitrogens with zero attached hydrogens (tertiary/aromatic N) is 8. The van der Waals surface area contributed by atoms with Gasteiger partial charge in [0.2, 0.25) is 0 Å². The van der Waals surface area contributed by atoms with Crippen LogP contribution in [-0.4, -0.2) is 94.1 Å². The van der Waals surface area contributed by atoms with Crippen molar-refractivity contribution in [1.29, 1.82) is 0 Å². The maximum absolute atomic E-state index is 2.39. The Morgan fingerprint density at radius 1 is 0.317 bits per heavy atom. The highest BCUT2D eigenvalue weighted by atomic mass is 15.3. The number of hydrogen-bond acceptors (Lipinski definition) is 8. The highest BCUT2D eigenvalue weighted by molar-refractivity contribution is 6.07. The summed E-state index contributed by atoms with van der Waals surface area (Å²) in [4.78, 5) is 18.3. The van der Waals surface area contributed by atoms with Crippen LogP contribution in [0.25, 0.3) is 43.8 Å². The van der Waals surface area contributed by atoms with Crippen LogP contribution in [0.1, 0.15) is 22.3 Å². The molecule has 8 heteroatoms. The molecule has 0 aromatic heterocycles. The average molecular weight is 793 g/mol. The predicted molar refractivity (Wildman–Crippen MR) is 248 cm³/mol. The minimum Gasteiger partial charge on any atom is -0.362 e. The predicted octanol–water partition coefficient (Wildman–Crippen LogP) is 9.72. The van der Waals surface area contributed by atoms with Crippen LogP contribution in [0.15, 0.2) is 171 Å². The lowest BCUT2D eigenvalue weighted by atomic mass is 9.86. The molecular formula is C52H56N8. The normalized spacial score (nSPS) is 15.8. The Hall–Kier alpha value is -6.80. The van der Waals surface area contributed by atoms with Gasteiger partial charge in [0.15, 0.2) is 0 Å². The van der Waals surface area contributed by atoms with Gasteiger partial charge < -0.3 is 39.2 Å². The first-order valence-electron chi connectivity index (χ1n) is 21.0. The van der Waals surface area contributed by atoms with Crippen LogP contribution < -0.4 is 0 Å². The molecule has 0 radical (unpaired) electrons. The zero-order valence-electron chi connectivity index (χ0n) is 35.4. The lowest BCUT2D eigenvalue weighted by Gasteiger charge is -2.25. The summed E-state index contributed by atoms with van der Waals surface area (Å²) in [7, 11) is 8.47. The number of rotatable bonds is 10. The van der Waals surface area contributed by atoms with Crippen molar-refractivity contribution in [3.63, 3.8) is 0 Å². The molecule has 0 fully saturated rings. The van der Waals surface area contributed by atoms with Gasteiger partial charge in [0.05, 0.1) is 26.7 Å². The fraction of sp³-hybridized carbons (Fsp3) is 0.231. The standard InChI is InChI=1S/C30H30N4.C22H26N4/c1-31-15-17-33(21-31)19-25-13-11-23-7-3-5-9-27(23)29(25)30-26(20-34-18-16-32(2)22-34)14-12-24-8-4-6-10-28(24)30;1-23-11-13-25(17-23)15-19-7-3-5-9-21(19)22-10-6-4-8-20(22)16-26-14-12-24(2)18-26/h3-18H,19-22H2,1-2H3;3-14H,15-18H2,1-2H3. The van der Waals surface area contributed by atoms with Crippen molar-refractivity contribution < 1.29 is 0 Å². The lowest BCUT2D eigenvalue weighted by Crippen LogP contribution is -2.23. The number of benzene rings is 6. The van der Waals surface area contributed by atoms with E-state index in [-0.39, 0.29) is 0 Å². The van der Waals surface area contributed by atoms with Gasteiger partial charge in [-0.1, -0.05) is 121 Å². The van der Waals surface area contributed by atoms with Crippen molar-refractivity contribution in [2.24, 2.45) is 0 Å². The van der Waals surface area contributed by atoms with Crippen LogP contribution in [0.2, 0.25) is 0 Å². The van der Waals surface area contributed by atoms with E-state index in [1.807, 2.05) is 0 Å². The minimum atomic E-state index is 0.885. The molecule has 6 aromatic carbocycles. The second-order valence-corrected chi connectivity index (χ2v) is 16.7. The summed E-state index contributed by atoms with van der Waals surface area (Å²) in [6.07, 6.45) is 17.3. The maximum Gasteiger partial charge on any atom is 0.0894 e. The van der Waals surface area contributed by atoms with E-state index in [1.54, 1.807) is 0 Å². The molecule has 10 rings (SSSR count). The van der Waals surface area contributed by atoms with E-state index in [1.165, 1.54) is 66.1 Å². The summed E-state index contributed by atoms with van der Waals surface area (Å²) >= 11 is 0. The first kappa shape index (κ1) is 38.7. The first-order valence-corrected chi connectivity index (χ1v) is 21.0. The van der Waals surface area contributed by atoms with Crippen molar-refractivity contribution in [3.8, 4) is 22.3 Å². The van der Waals surface area contributed by atoms with Crippen molar-refractivity contribution in [2.75, 3.05) is 54.9 Å². The topological polar surface area (TPSA) is 25.9 Å². The molecule has 0 spiro atoms. The monoisotopic (exact) mass is 792 g/mol. The Balaban J connectivity index is 0.000000160. The maximum atomic E-state index is 2.39. The zero-order valence-corrected chi connectivity index (χ0v) is 35.4. The van der Waals surface area contributed by atoms with Crippen LogP contribution in [0.4, 0.5) is 0 Å². The van der Waals surface area contributed by atoms with Crippen LogP contribution in [0, 0.1) is 0 Å². The van der Waals surface area contributed by atoms with Crippen molar-refractivity contribution >= 4 is 21.5 Å². The van der Waals surface area contributed by atoms with Crippen molar-refractivity contribution in [1.82, 2.24) is 39.2 Å². The van der Waals surface area contributed by atoms with E-state index < -0.39 is 0 Å². The second-order valence-electron chi connectivity index (χ2n) is 16.7. The molecular weight excluding hydrogens is 737 g/mol. The minimum absolute atomic E-state index is 0.885. The molecule has 4 aliphatic rings. The van der Waals surface area contributed by atoms with Gasteiger partial charge in [-0.05, 0) is 66.1 Å². The third-order valence-corrected chi connectivity index (χ3v) is 11.8. The van der Waals surface area contributed by atoms with E-state index in [9.17, 15) is 0 Å². The second kappa shape index (κ2) is 17.2.